The largest absolute Gasteiger partial charge is 0.465 e. The van der Waals surface area contributed by atoms with Gasteiger partial charge in [-0.05, 0) is 24.1 Å². The lowest BCUT2D eigenvalue weighted by Gasteiger charge is -2.08. The zero-order chi connectivity index (χ0) is 15.2. The van der Waals surface area contributed by atoms with Gasteiger partial charge in [0.1, 0.15) is 0 Å². The normalized spacial score (nSPS) is 16.3. The number of carbonyl (C=O) groups is 1. The highest BCUT2D eigenvalue weighted by Gasteiger charge is 2.23. The minimum absolute atomic E-state index is 0.0160. The van der Waals surface area contributed by atoms with Crippen LogP contribution in [0.4, 0.5) is 5.69 Å². The maximum Gasteiger partial charge on any atom is 0.337 e. The predicted molar refractivity (Wildman–Crippen MR) is 80.1 cm³/mol. The van der Waals surface area contributed by atoms with Crippen LogP contribution >= 0.6 is 0 Å². The highest BCUT2D eigenvalue weighted by Crippen LogP contribution is 2.33. The standard InChI is InChI=1S/C14H16N2O4S/c1-3-9-8-16-4-5-21(18,19)15-12-7-10(14(17)20-2)6-11(9)13(12)16/h6-8,15H,3-5H2,1-2H3. The molecule has 1 aliphatic heterocycles. The summed E-state index contributed by atoms with van der Waals surface area (Å²) in [6, 6.07) is 3.30. The van der Waals surface area contributed by atoms with Gasteiger partial charge in [0.15, 0.2) is 0 Å². The molecule has 3 rings (SSSR count). The molecule has 0 bridgehead atoms. The van der Waals surface area contributed by atoms with Gasteiger partial charge in [-0.25, -0.2) is 13.2 Å². The van der Waals surface area contributed by atoms with Crippen molar-refractivity contribution in [2.75, 3.05) is 17.6 Å². The predicted octanol–water partition coefficient (Wildman–Crippen LogP) is 1.75. The summed E-state index contributed by atoms with van der Waals surface area (Å²) in [5.74, 6) is -0.464. The molecule has 0 saturated heterocycles. The Kier molecular flexibility index (Phi) is 3.16. The Bertz CT molecular complexity index is 836. The van der Waals surface area contributed by atoms with Crippen LogP contribution < -0.4 is 4.72 Å². The topological polar surface area (TPSA) is 77.4 Å². The van der Waals surface area contributed by atoms with Crippen LogP contribution in [-0.2, 0) is 27.7 Å². The van der Waals surface area contributed by atoms with Crippen molar-refractivity contribution < 1.29 is 17.9 Å². The lowest BCUT2D eigenvalue weighted by atomic mass is 10.1. The van der Waals surface area contributed by atoms with Crippen LogP contribution in [0.5, 0.6) is 0 Å². The third-order valence-corrected chi connectivity index (χ3v) is 4.97. The first-order valence-corrected chi connectivity index (χ1v) is 8.35. The smallest absolute Gasteiger partial charge is 0.337 e. The summed E-state index contributed by atoms with van der Waals surface area (Å²) in [5.41, 5.74) is 2.68. The number of hydrogen-bond acceptors (Lipinski definition) is 4. The van der Waals surface area contributed by atoms with Crippen LogP contribution in [0.2, 0.25) is 0 Å². The summed E-state index contributed by atoms with van der Waals surface area (Å²) in [7, 11) is -2.09. The Morgan fingerprint density at radius 1 is 1.43 bits per heavy atom. The van der Waals surface area contributed by atoms with E-state index in [9.17, 15) is 13.2 Å². The van der Waals surface area contributed by atoms with Crippen molar-refractivity contribution in [3.63, 3.8) is 0 Å². The third kappa shape index (κ3) is 2.27. The van der Waals surface area contributed by atoms with E-state index in [1.165, 1.54) is 13.2 Å². The Balaban J connectivity index is 2.34. The zero-order valence-corrected chi connectivity index (χ0v) is 12.7. The van der Waals surface area contributed by atoms with E-state index >= 15 is 0 Å². The molecule has 112 valence electrons. The van der Waals surface area contributed by atoms with Crippen molar-refractivity contribution in [1.82, 2.24) is 4.57 Å². The van der Waals surface area contributed by atoms with Crippen LogP contribution in [0.3, 0.4) is 0 Å². The van der Waals surface area contributed by atoms with Gasteiger partial charge in [0.25, 0.3) is 0 Å². The highest BCUT2D eigenvalue weighted by atomic mass is 32.2. The number of benzene rings is 1. The molecule has 1 N–H and O–H groups in total. The number of anilines is 1. The van der Waals surface area contributed by atoms with E-state index < -0.39 is 16.0 Å². The van der Waals surface area contributed by atoms with Crippen molar-refractivity contribution in [3.8, 4) is 0 Å². The van der Waals surface area contributed by atoms with E-state index in [0.29, 0.717) is 17.8 Å². The molecular formula is C14H16N2O4S. The molecule has 21 heavy (non-hydrogen) atoms. The maximum atomic E-state index is 11.9. The number of aryl methyl sites for hydroxylation is 2. The van der Waals surface area contributed by atoms with Gasteiger partial charge in [0, 0.05) is 18.1 Å². The van der Waals surface area contributed by atoms with Crippen LogP contribution in [0.15, 0.2) is 18.3 Å². The van der Waals surface area contributed by atoms with Gasteiger partial charge < -0.3 is 9.30 Å². The molecule has 7 heteroatoms. The Morgan fingerprint density at radius 3 is 2.86 bits per heavy atom. The Labute approximate surface area is 122 Å². The van der Waals surface area contributed by atoms with Crippen molar-refractivity contribution >= 4 is 32.6 Å². The number of ether oxygens (including phenoxy) is 1. The van der Waals surface area contributed by atoms with Gasteiger partial charge in [-0.1, -0.05) is 6.92 Å². The van der Waals surface area contributed by atoms with E-state index in [1.54, 1.807) is 6.07 Å². The summed E-state index contributed by atoms with van der Waals surface area (Å²) in [6.07, 6.45) is 2.76. The molecule has 0 radical (unpaired) electrons. The van der Waals surface area contributed by atoms with Gasteiger partial charge in [0.05, 0.1) is 29.6 Å². The molecule has 1 aromatic carbocycles. The number of rotatable bonds is 2. The molecule has 0 aliphatic carbocycles. The summed E-state index contributed by atoms with van der Waals surface area (Å²) in [4.78, 5) is 11.8. The first kappa shape index (κ1) is 13.9. The zero-order valence-electron chi connectivity index (χ0n) is 11.8. The number of methoxy groups -OCH3 is 1. The van der Waals surface area contributed by atoms with Crippen LogP contribution in [-0.4, -0.2) is 31.8 Å². The SMILES string of the molecule is CCc1cn2c3c(cc(C(=O)OC)cc13)NS(=O)(=O)CC2. The Morgan fingerprint density at radius 2 is 2.19 bits per heavy atom. The average molecular weight is 308 g/mol. The number of sulfonamides is 1. The monoisotopic (exact) mass is 308 g/mol. The summed E-state index contributed by atoms with van der Waals surface area (Å²) < 4.78 is 33.1. The second-order valence-corrected chi connectivity index (χ2v) is 6.88. The molecule has 0 amide bonds. The Hall–Kier alpha value is -2.02. The lowest BCUT2D eigenvalue weighted by molar-refractivity contribution is 0.0601. The van der Waals surface area contributed by atoms with E-state index in [0.717, 1.165) is 22.9 Å². The number of nitrogens with zero attached hydrogens (tertiary/aromatic N) is 1. The number of hydrogen-bond donors (Lipinski definition) is 1. The summed E-state index contributed by atoms with van der Waals surface area (Å²) in [6.45, 7) is 2.43. The molecular weight excluding hydrogens is 292 g/mol. The fourth-order valence-corrected chi connectivity index (χ4v) is 3.75. The van der Waals surface area contributed by atoms with Crippen molar-refractivity contribution in [3.05, 3.63) is 29.5 Å². The van der Waals surface area contributed by atoms with Gasteiger partial charge in [-0.2, -0.15) is 0 Å². The molecule has 6 nitrogen and oxygen atoms in total. The minimum Gasteiger partial charge on any atom is -0.465 e. The first-order valence-electron chi connectivity index (χ1n) is 6.69. The average Bonchev–Trinajstić information content (AvgIpc) is 2.75. The molecule has 1 aromatic heterocycles. The molecule has 0 spiro atoms. The second kappa shape index (κ2) is 4.77. The van der Waals surface area contributed by atoms with Crippen molar-refractivity contribution in [1.29, 1.82) is 0 Å². The molecule has 0 fully saturated rings. The number of esters is 1. The minimum atomic E-state index is -3.39. The second-order valence-electron chi connectivity index (χ2n) is 5.03. The van der Waals surface area contributed by atoms with Crippen LogP contribution in [0.25, 0.3) is 10.9 Å². The van der Waals surface area contributed by atoms with Gasteiger partial charge >= 0.3 is 5.97 Å². The van der Waals surface area contributed by atoms with E-state index in [-0.39, 0.29) is 5.75 Å². The molecule has 0 saturated carbocycles. The van der Waals surface area contributed by atoms with Crippen molar-refractivity contribution in [2.24, 2.45) is 0 Å². The van der Waals surface area contributed by atoms with Gasteiger partial charge in [-0.3, -0.25) is 4.72 Å². The number of aromatic nitrogens is 1. The van der Waals surface area contributed by atoms with Crippen molar-refractivity contribution in [2.45, 2.75) is 19.9 Å². The molecule has 2 aromatic rings. The molecule has 2 heterocycles. The molecule has 1 aliphatic rings. The summed E-state index contributed by atoms with van der Waals surface area (Å²) in [5, 5.41) is 0.889. The molecule has 0 atom stereocenters. The number of nitrogens with one attached hydrogen (secondary N) is 1. The van der Waals surface area contributed by atoms with Crippen LogP contribution in [0, 0.1) is 0 Å². The van der Waals surface area contributed by atoms with Gasteiger partial charge in [-0.15, -0.1) is 0 Å². The molecule has 0 unspecified atom stereocenters. The fourth-order valence-electron chi connectivity index (χ4n) is 2.72. The highest BCUT2D eigenvalue weighted by molar-refractivity contribution is 7.92. The lowest BCUT2D eigenvalue weighted by Crippen LogP contribution is -2.17. The van der Waals surface area contributed by atoms with E-state index in [4.69, 9.17) is 4.74 Å². The van der Waals surface area contributed by atoms with Gasteiger partial charge in [0.2, 0.25) is 10.0 Å². The number of carbonyl (C=O) groups excluding carboxylic acids is 1. The summed E-state index contributed by atoms with van der Waals surface area (Å²) >= 11 is 0. The quantitative estimate of drug-likeness (QED) is 0.857. The van der Waals surface area contributed by atoms with E-state index in [2.05, 4.69) is 4.72 Å². The fraction of sp³-hybridized carbons (Fsp3) is 0.357. The third-order valence-electron chi connectivity index (χ3n) is 3.72. The maximum absolute atomic E-state index is 11.9. The van der Waals surface area contributed by atoms with Crippen LogP contribution in [0.1, 0.15) is 22.8 Å². The first-order chi connectivity index (χ1) is 9.95. The van der Waals surface area contributed by atoms with E-state index in [1.807, 2.05) is 17.7 Å².